The van der Waals surface area contributed by atoms with Crippen LogP contribution in [0.2, 0.25) is 10.2 Å². The minimum absolute atomic E-state index is 0.116. The van der Waals surface area contributed by atoms with Crippen LogP contribution in [0.15, 0.2) is 12.1 Å². The molecule has 0 fully saturated rings. The second kappa shape index (κ2) is 6.03. The number of hydrogen-bond donors (Lipinski definition) is 1. The summed E-state index contributed by atoms with van der Waals surface area (Å²) in [6, 6.07) is 2.95. The van der Waals surface area contributed by atoms with E-state index in [0.29, 0.717) is 6.61 Å². The summed E-state index contributed by atoms with van der Waals surface area (Å²) in [6.07, 6.45) is 0. The summed E-state index contributed by atoms with van der Waals surface area (Å²) in [7, 11) is 1.56. The smallest absolute Gasteiger partial charge is 0.271 e. The average molecular weight is 263 g/mol. The Hall–Kier alpha value is -0.840. The van der Waals surface area contributed by atoms with Gasteiger partial charge in [0.2, 0.25) is 0 Å². The van der Waals surface area contributed by atoms with Crippen molar-refractivity contribution in [2.45, 2.75) is 13.0 Å². The lowest BCUT2D eigenvalue weighted by atomic mass is 10.3. The molecule has 0 aliphatic carbocycles. The molecule has 0 aromatic carbocycles. The molecular weight excluding hydrogens is 251 g/mol. The topological polar surface area (TPSA) is 51.2 Å². The lowest BCUT2D eigenvalue weighted by Crippen LogP contribution is -2.36. The number of aromatic nitrogens is 1. The number of carbonyl (C=O) groups excluding carboxylic acids is 1. The summed E-state index contributed by atoms with van der Waals surface area (Å²) in [5.74, 6) is -0.364. The number of methoxy groups -OCH3 is 1. The van der Waals surface area contributed by atoms with Gasteiger partial charge in [0.25, 0.3) is 5.91 Å². The fraction of sp³-hybridized carbons (Fsp3) is 0.400. The maximum atomic E-state index is 11.7. The van der Waals surface area contributed by atoms with Crippen LogP contribution < -0.4 is 5.32 Å². The Labute approximate surface area is 104 Å². The van der Waals surface area contributed by atoms with Crippen molar-refractivity contribution in [3.05, 3.63) is 28.0 Å². The van der Waals surface area contributed by atoms with Crippen molar-refractivity contribution in [2.75, 3.05) is 13.7 Å². The van der Waals surface area contributed by atoms with E-state index >= 15 is 0 Å². The molecule has 0 spiro atoms. The third-order valence-corrected chi connectivity index (χ3v) is 2.34. The van der Waals surface area contributed by atoms with Gasteiger partial charge in [0.15, 0.2) is 0 Å². The monoisotopic (exact) mass is 262 g/mol. The summed E-state index contributed by atoms with van der Waals surface area (Å²) < 4.78 is 4.90. The maximum Gasteiger partial charge on any atom is 0.271 e. The summed E-state index contributed by atoms with van der Waals surface area (Å²) in [5.41, 5.74) is 0.122. The Morgan fingerprint density at radius 3 is 2.88 bits per heavy atom. The van der Waals surface area contributed by atoms with E-state index in [-0.39, 0.29) is 27.8 Å². The van der Waals surface area contributed by atoms with Crippen molar-refractivity contribution >= 4 is 29.1 Å². The van der Waals surface area contributed by atoms with Crippen molar-refractivity contribution < 1.29 is 9.53 Å². The lowest BCUT2D eigenvalue weighted by molar-refractivity contribution is 0.0901. The Morgan fingerprint density at radius 2 is 2.25 bits per heavy atom. The van der Waals surface area contributed by atoms with Crippen LogP contribution in [0.3, 0.4) is 0 Å². The standard InChI is InChI=1S/C10H12Cl2N2O2/c1-6(5-16-2)13-10(15)9-7(11)3-4-8(12)14-9/h3-4,6H,5H2,1-2H3,(H,13,15). The number of ether oxygens (including phenoxy) is 1. The van der Waals surface area contributed by atoms with Crippen LogP contribution in [0, 0.1) is 0 Å². The second-order valence-corrected chi connectivity index (χ2v) is 4.09. The highest BCUT2D eigenvalue weighted by molar-refractivity contribution is 6.34. The molecule has 1 heterocycles. The molecule has 0 bridgehead atoms. The Bertz CT molecular complexity index is 385. The van der Waals surface area contributed by atoms with Gasteiger partial charge in [0, 0.05) is 13.2 Å². The van der Waals surface area contributed by atoms with Gasteiger partial charge < -0.3 is 10.1 Å². The molecular formula is C10H12Cl2N2O2. The Balaban J connectivity index is 2.76. The van der Waals surface area contributed by atoms with E-state index in [1.165, 1.54) is 12.1 Å². The van der Waals surface area contributed by atoms with Crippen LogP contribution in [-0.4, -0.2) is 30.6 Å². The van der Waals surface area contributed by atoms with Crippen LogP contribution in [0.5, 0.6) is 0 Å². The zero-order valence-electron chi connectivity index (χ0n) is 8.96. The average Bonchev–Trinajstić information content (AvgIpc) is 2.21. The van der Waals surface area contributed by atoms with E-state index in [1.54, 1.807) is 7.11 Å². The van der Waals surface area contributed by atoms with E-state index in [2.05, 4.69) is 10.3 Å². The van der Waals surface area contributed by atoms with Crippen LogP contribution in [0.4, 0.5) is 0 Å². The second-order valence-electron chi connectivity index (χ2n) is 3.29. The van der Waals surface area contributed by atoms with E-state index in [4.69, 9.17) is 27.9 Å². The molecule has 0 aliphatic rings. The van der Waals surface area contributed by atoms with Gasteiger partial charge in [-0.2, -0.15) is 0 Å². The van der Waals surface area contributed by atoms with Crippen LogP contribution in [0.1, 0.15) is 17.4 Å². The highest BCUT2D eigenvalue weighted by atomic mass is 35.5. The third kappa shape index (κ3) is 3.63. The molecule has 1 aromatic rings. The van der Waals surface area contributed by atoms with Gasteiger partial charge >= 0.3 is 0 Å². The van der Waals surface area contributed by atoms with Gasteiger partial charge in [-0.1, -0.05) is 23.2 Å². The van der Waals surface area contributed by atoms with Crippen molar-refractivity contribution in [3.63, 3.8) is 0 Å². The van der Waals surface area contributed by atoms with E-state index < -0.39 is 0 Å². The Morgan fingerprint density at radius 1 is 1.56 bits per heavy atom. The number of nitrogens with one attached hydrogen (secondary N) is 1. The molecule has 0 aliphatic heterocycles. The number of hydrogen-bond acceptors (Lipinski definition) is 3. The lowest BCUT2D eigenvalue weighted by Gasteiger charge is -2.12. The van der Waals surface area contributed by atoms with Gasteiger partial charge in [-0.15, -0.1) is 0 Å². The molecule has 1 N–H and O–H groups in total. The predicted molar refractivity (Wildman–Crippen MR) is 63.1 cm³/mol. The summed E-state index contributed by atoms with van der Waals surface area (Å²) in [5, 5.41) is 3.20. The van der Waals surface area contributed by atoms with Gasteiger partial charge in [-0.3, -0.25) is 4.79 Å². The first-order valence-electron chi connectivity index (χ1n) is 4.66. The minimum atomic E-state index is -0.364. The molecule has 0 saturated carbocycles. The largest absolute Gasteiger partial charge is 0.383 e. The highest BCUT2D eigenvalue weighted by Crippen LogP contribution is 2.16. The SMILES string of the molecule is COCC(C)NC(=O)c1nc(Cl)ccc1Cl. The van der Waals surface area contributed by atoms with Crippen molar-refractivity contribution in [1.29, 1.82) is 0 Å². The molecule has 0 saturated heterocycles. The van der Waals surface area contributed by atoms with Gasteiger partial charge in [-0.05, 0) is 19.1 Å². The first kappa shape index (κ1) is 13.2. The zero-order chi connectivity index (χ0) is 12.1. The molecule has 1 aromatic heterocycles. The number of rotatable bonds is 4. The molecule has 6 heteroatoms. The molecule has 4 nitrogen and oxygen atoms in total. The van der Waals surface area contributed by atoms with Crippen LogP contribution >= 0.6 is 23.2 Å². The molecule has 1 amide bonds. The van der Waals surface area contributed by atoms with Crippen molar-refractivity contribution in [2.24, 2.45) is 0 Å². The number of carbonyl (C=O) groups is 1. The summed E-state index contributed by atoms with van der Waals surface area (Å²) in [4.78, 5) is 15.6. The molecule has 1 rings (SSSR count). The quantitative estimate of drug-likeness (QED) is 0.847. The third-order valence-electron chi connectivity index (χ3n) is 1.82. The van der Waals surface area contributed by atoms with E-state index in [0.717, 1.165) is 0 Å². The molecule has 16 heavy (non-hydrogen) atoms. The molecule has 0 radical (unpaired) electrons. The maximum absolute atomic E-state index is 11.7. The Kier molecular flexibility index (Phi) is 4.99. The fourth-order valence-electron chi connectivity index (χ4n) is 1.16. The normalized spacial score (nSPS) is 12.2. The summed E-state index contributed by atoms with van der Waals surface area (Å²) in [6.45, 7) is 2.24. The van der Waals surface area contributed by atoms with E-state index in [1.807, 2.05) is 6.92 Å². The number of nitrogens with zero attached hydrogens (tertiary/aromatic N) is 1. The van der Waals surface area contributed by atoms with Gasteiger partial charge in [0.05, 0.1) is 11.6 Å². The molecule has 1 unspecified atom stereocenters. The predicted octanol–water partition coefficient (Wildman–Crippen LogP) is 2.15. The van der Waals surface area contributed by atoms with Crippen molar-refractivity contribution in [1.82, 2.24) is 10.3 Å². The van der Waals surface area contributed by atoms with Crippen molar-refractivity contribution in [3.8, 4) is 0 Å². The number of amides is 1. The minimum Gasteiger partial charge on any atom is -0.383 e. The highest BCUT2D eigenvalue weighted by Gasteiger charge is 2.14. The first-order chi connectivity index (χ1) is 7.54. The summed E-state index contributed by atoms with van der Waals surface area (Å²) >= 11 is 11.5. The number of halogens is 2. The van der Waals surface area contributed by atoms with Gasteiger partial charge in [0.1, 0.15) is 10.8 Å². The molecule has 88 valence electrons. The number of pyridine rings is 1. The molecule has 1 atom stereocenters. The first-order valence-corrected chi connectivity index (χ1v) is 5.42. The van der Waals surface area contributed by atoms with Gasteiger partial charge in [-0.25, -0.2) is 4.98 Å². The van der Waals surface area contributed by atoms with E-state index in [9.17, 15) is 4.79 Å². The zero-order valence-corrected chi connectivity index (χ0v) is 10.5. The fourth-order valence-corrected chi connectivity index (χ4v) is 1.50. The van der Waals surface area contributed by atoms with Crippen LogP contribution in [0.25, 0.3) is 0 Å². The van der Waals surface area contributed by atoms with Crippen LogP contribution in [-0.2, 0) is 4.74 Å².